The van der Waals surface area contributed by atoms with Crippen molar-refractivity contribution in [1.82, 2.24) is 18.3 Å². The Morgan fingerprint density at radius 2 is 0.889 bits per heavy atom. The van der Waals surface area contributed by atoms with Gasteiger partial charge in [-0.1, -0.05) is 142 Å². The van der Waals surface area contributed by atoms with E-state index in [2.05, 4.69) is 239 Å². The number of rotatable bonds is 8. The molecule has 0 N–H and O–H groups in total. The fourth-order valence-electron chi connectivity index (χ4n) is 8.77. The molecule has 5 heteroatoms. The van der Waals surface area contributed by atoms with Crippen molar-refractivity contribution >= 4 is 68.3 Å². The third kappa shape index (κ3) is 6.89. The van der Waals surface area contributed by atoms with Crippen LogP contribution in [0.2, 0.25) is 0 Å². The summed E-state index contributed by atoms with van der Waals surface area (Å²) in [6, 6.07) is 82.1. The summed E-state index contributed by atoms with van der Waals surface area (Å²) in [6.07, 6.45) is 0. The van der Waals surface area contributed by atoms with E-state index in [0.29, 0.717) is 0 Å². The summed E-state index contributed by atoms with van der Waals surface area (Å²) in [6.45, 7) is 6.72. The van der Waals surface area contributed by atoms with Crippen LogP contribution in [0, 0.1) is 0 Å². The van der Waals surface area contributed by atoms with Gasteiger partial charge in [-0.05, 0) is 82.2 Å². The normalized spacial score (nSPS) is 12.9. The zero-order valence-corrected chi connectivity index (χ0v) is 35.4. The van der Waals surface area contributed by atoms with Gasteiger partial charge in [0.15, 0.2) is 0 Å². The molecule has 0 fully saturated rings. The molecule has 2 aliphatic rings. The summed E-state index contributed by atoms with van der Waals surface area (Å²) in [7, 11) is 0. The van der Waals surface area contributed by atoms with Gasteiger partial charge in [0.05, 0.1) is 28.6 Å². The number of fused-ring (bicyclic) bond motifs is 4. The van der Waals surface area contributed by atoms with E-state index >= 15 is 0 Å². The predicted octanol–water partition coefficient (Wildman–Crippen LogP) is 15.0. The molecule has 5 nitrogen and oxygen atoms in total. The van der Waals surface area contributed by atoms with Gasteiger partial charge in [0.2, 0.25) is 22.7 Å². The third-order valence-corrected chi connectivity index (χ3v) is 11.9. The van der Waals surface area contributed by atoms with Crippen molar-refractivity contribution < 1.29 is 4.74 Å². The predicted molar refractivity (Wildman–Crippen MR) is 262 cm³/mol. The van der Waals surface area contributed by atoms with Crippen molar-refractivity contribution in [2.45, 2.75) is 26.2 Å². The van der Waals surface area contributed by atoms with Gasteiger partial charge in [-0.2, -0.15) is 0 Å². The molecule has 9 aromatic carbocycles. The zero-order valence-electron chi connectivity index (χ0n) is 35.4. The van der Waals surface area contributed by atoms with Gasteiger partial charge in [-0.25, -0.2) is 0 Å². The van der Waals surface area contributed by atoms with Crippen molar-refractivity contribution in [2.24, 2.45) is 0 Å². The van der Waals surface area contributed by atoms with Crippen LogP contribution in [0.3, 0.4) is 0 Å². The first-order valence-corrected chi connectivity index (χ1v) is 21.4. The Morgan fingerprint density at radius 3 is 1.49 bits per heavy atom. The van der Waals surface area contributed by atoms with Gasteiger partial charge in [0.1, 0.15) is 11.5 Å². The van der Waals surface area contributed by atoms with E-state index in [1.54, 1.807) is 0 Å². The van der Waals surface area contributed by atoms with Crippen molar-refractivity contribution in [3.63, 3.8) is 0 Å². The number of hydrogen-bond acceptors (Lipinski definition) is 1. The SMILES string of the molecule is CC(C)(C)c1ccc([N+]2=C=[N+](c3cccc(Oc4cccc([N+]5=C=[N+](c6c(-c7ccccc7)cccc6-c6ccccc6)c6c5ccc5ccccc65)c4)c3)c3ccccc32)cc1. The van der Waals surface area contributed by atoms with Crippen LogP contribution in [-0.4, -0.2) is 12.0 Å². The molecule has 0 saturated carbocycles. The second-order valence-corrected chi connectivity index (χ2v) is 17.0. The van der Waals surface area contributed by atoms with Gasteiger partial charge in [-0.15, -0.1) is 0 Å². The number of para-hydroxylation sites is 3. The molecule has 2 aliphatic heterocycles. The molecule has 11 rings (SSSR count). The van der Waals surface area contributed by atoms with E-state index in [-0.39, 0.29) is 5.41 Å². The highest BCUT2D eigenvalue weighted by molar-refractivity contribution is 6.06. The van der Waals surface area contributed by atoms with Gasteiger partial charge >= 0.3 is 17.7 Å². The second kappa shape index (κ2) is 15.4. The molecule has 0 aromatic heterocycles. The summed E-state index contributed by atoms with van der Waals surface area (Å²) in [5, 5.41) is 2.31. The molecule has 0 spiro atoms. The molecule has 9 aromatic rings. The topological polar surface area (TPSA) is 21.3 Å². The summed E-state index contributed by atoms with van der Waals surface area (Å²) >= 11 is 0. The summed E-state index contributed by atoms with van der Waals surface area (Å²) in [5.74, 6) is 1.45. The summed E-state index contributed by atoms with van der Waals surface area (Å²) in [4.78, 5) is 0. The molecule has 0 bridgehead atoms. The smallest absolute Gasteiger partial charge is 0.457 e. The van der Waals surface area contributed by atoms with Crippen molar-refractivity contribution in [2.75, 3.05) is 0 Å². The van der Waals surface area contributed by atoms with E-state index < -0.39 is 0 Å². The third-order valence-electron chi connectivity index (χ3n) is 11.9. The van der Waals surface area contributed by atoms with Crippen LogP contribution in [0.15, 0.2) is 212 Å². The monoisotopic (exact) mass is 812 g/mol. The Balaban J connectivity index is 1.02. The number of hydrogen-bond donors (Lipinski definition) is 0. The van der Waals surface area contributed by atoms with E-state index in [1.165, 1.54) is 5.56 Å². The maximum Gasteiger partial charge on any atom is 0.503 e. The van der Waals surface area contributed by atoms with Crippen LogP contribution < -0.4 is 23.0 Å². The quantitative estimate of drug-likeness (QED) is 0.140. The maximum absolute atomic E-state index is 6.71. The average molecular weight is 813 g/mol. The van der Waals surface area contributed by atoms with Crippen LogP contribution in [0.25, 0.3) is 33.0 Å². The van der Waals surface area contributed by atoms with Gasteiger partial charge in [0.25, 0.3) is 17.1 Å². The first kappa shape index (κ1) is 37.8. The molecule has 63 heavy (non-hydrogen) atoms. The largest absolute Gasteiger partial charge is 0.503 e. The Kier molecular flexibility index (Phi) is 9.21. The molecular formula is C58H44N4O+4. The lowest BCUT2D eigenvalue weighted by atomic mass is 9.87. The second-order valence-electron chi connectivity index (χ2n) is 17.0. The first-order valence-electron chi connectivity index (χ1n) is 21.4. The summed E-state index contributed by atoms with van der Waals surface area (Å²) < 4.78 is 15.4. The molecule has 0 aliphatic carbocycles. The van der Waals surface area contributed by atoms with Gasteiger partial charge in [-0.3, -0.25) is 0 Å². The van der Waals surface area contributed by atoms with Crippen molar-refractivity contribution in [1.29, 1.82) is 0 Å². The molecule has 0 amide bonds. The number of nitrogens with zero attached hydrogens (tertiary/aromatic N) is 4. The Hall–Kier alpha value is -8.20. The molecule has 0 saturated heterocycles. The van der Waals surface area contributed by atoms with Crippen LogP contribution in [-0.2, 0) is 5.41 Å². The van der Waals surface area contributed by atoms with Crippen molar-refractivity contribution in [3.8, 4) is 33.8 Å². The Morgan fingerprint density at radius 1 is 0.381 bits per heavy atom. The Labute approximate surface area is 367 Å². The Bertz CT molecular complexity index is 3340. The highest BCUT2D eigenvalue weighted by Crippen LogP contribution is 2.47. The van der Waals surface area contributed by atoms with Crippen molar-refractivity contribution in [3.05, 3.63) is 218 Å². The molecule has 2 heterocycles. The highest BCUT2D eigenvalue weighted by atomic mass is 16.5. The first-order chi connectivity index (χ1) is 30.9. The van der Waals surface area contributed by atoms with Gasteiger partial charge < -0.3 is 4.74 Å². The minimum atomic E-state index is 0.0763. The lowest BCUT2D eigenvalue weighted by Crippen LogP contribution is -2.11. The molecule has 0 radical (unpaired) electrons. The van der Waals surface area contributed by atoms with E-state index in [0.717, 1.165) is 90.0 Å². The maximum atomic E-state index is 6.71. The van der Waals surface area contributed by atoms with Gasteiger partial charge in [0, 0.05) is 42.5 Å². The summed E-state index contributed by atoms with van der Waals surface area (Å²) in [5.41, 5.74) is 14.1. The molecular weight excluding hydrogens is 769 g/mol. The fourth-order valence-corrected chi connectivity index (χ4v) is 8.77. The lowest BCUT2D eigenvalue weighted by molar-refractivity contribution is 0.482. The van der Waals surface area contributed by atoms with E-state index in [4.69, 9.17) is 4.74 Å². The highest BCUT2D eigenvalue weighted by Gasteiger charge is 2.41. The lowest BCUT2D eigenvalue weighted by Gasteiger charge is -2.18. The average Bonchev–Trinajstić information content (AvgIpc) is 3.92. The van der Waals surface area contributed by atoms with Crippen LogP contribution in [0.1, 0.15) is 26.3 Å². The standard InChI is InChI=1S/C58H44N4O/c1-58(2,3)44-32-34-45(35-33-44)59-39-60(54-30-13-12-29-53(54)59)46-22-14-24-48(37-46)63-49-25-15-23-47(38-49)61-40-62(57-52-26-11-10-21-43(52)31-36-55(57)61)56-50(41-17-6-4-7-18-41)27-16-28-51(56)42-19-8-5-9-20-42/h4-38H,1-3H3/q+4. The minimum absolute atomic E-state index is 0.0763. The molecule has 0 unspecified atom stereocenters. The van der Waals surface area contributed by atoms with Crippen LogP contribution in [0.4, 0.5) is 45.5 Å². The molecule has 298 valence electrons. The number of ether oxygens (including phenoxy) is 1. The van der Waals surface area contributed by atoms with E-state index in [9.17, 15) is 0 Å². The van der Waals surface area contributed by atoms with E-state index in [1.807, 2.05) is 24.3 Å². The van der Waals surface area contributed by atoms with Crippen LogP contribution in [0.5, 0.6) is 11.5 Å². The molecule has 0 atom stereocenters. The zero-order chi connectivity index (χ0) is 42.5. The minimum Gasteiger partial charge on any atom is -0.457 e. The fraction of sp³-hybridized carbons (Fsp3) is 0.0690. The van der Waals surface area contributed by atoms with Crippen LogP contribution >= 0.6 is 0 Å². The number of benzene rings is 9.